The molecule has 3 heterocycles. The lowest BCUT2D eigenvalue weighted by Crippen LogP contribution is -2.39. The summed E-state index contributed by atoms with van der Waals surface area (Å²) in [4.78, 5) is 23.9. The molecule has 0 aliphatic carbocycles. The number of amides is 1. The number of imidazole rings is 1. The molecule has 1 amide bonds. The summed E-state index contributed by atoms with van der Waals surface area (Å²) in [5, 5.41) is 20.2. The number of aromatic nitrogens is 4. The average molecular weight is 360 g/mol. The summed E-state index contributed by atoms with van der Waals surface area (Å²) >= 11 is 0. The second-order valence-electron chi connectivity index (χ2n) is 5.99. The minimum Gasteiger partial charge on any atom is -0.387 e. The van der Waals surface area contributed by atoms with Crippen LogP contribution in [-0.4, -0.2) is 54.0 Å². The van der Waals surface area contributed by atoms with Crippen LogP contribution in [0.15, 0.2) is 6.33 Å². The first-order valence-electron chi connectivity index (χ1n) is 8.23. The van der Waals surface area contributed by atoms with Crippen LogP contribution >= 0.6 is 0 Å². The van der Waals surface area contributed by atoms with Crippen molar-refractivity contribution >= 4 is 22.9 Å². The zero-order valence-corrected chi connectivity index (χ0v) is 14.2. The van der Waals surface area contributed by atoms with Gasteiger partial charge in [0.15, 0.2) is 23.8 Å². The zero-order chi connectivity index (χ0) is 18.8. The molecule has 4 atom stereocenters. The van der Waals surface area contributed by atoms with Crippen LogP contribution in [0, 0.1) is 11.8 Å². The molecule has 1 saturated heterocycles. The molecule has 2 aromatic heterocycles. The topological polar surface area (TPSA) is 162 Å². The molecular formula is C16H20N6O4. The van der Waals surface area contributed by atoms with Crippen molar-refractivity contribution < 1.29 is 19.7 Å². The predicted molar refractivity (Wildman–Crippen MR) is 91.3 cm³/mol. The number of carbonyl (C=O) groups excluding carboxylic acids is 1. The van der Waals surface area contributed by atoms with Gasteiger partial charge in [-0.3, -0.25) is 9.36 Å². The number of carbonyl (C=O) groups is 1. The van der Waals surface area contributed by atoms with Crippen molar-refractivity contribution in [2.24, 2.45) is 5.73 Å². The minimum absolute atomic E-state index is 0.132. The molecule has 138 valence electrons. The van der Waals surface area contributed by atoms with Crippen LogP contribution in [0.3, 0.4) is 0 Å². The van der Waals surface area contributed by atoms with Gasteiger partial charge in [0.05, 0.1) is 6.33 Å². The summed E-state index contributed by atoms with van der Waals surface area (Å²) in [6.07, 6.45) is -1.21. The Morgan fingerprint density at radius 3 is 2.81 bits per heavy atom. The maximum absolute atomic E-state index is 11.4. The monoisotopic (exact) mass is 360 g/mol. The van der Waals surface area contributed by atoms with Gasteiger partial charge in [-0.25, -0.2) is 15.0 Å². The Bertz CT molecular complexity index is 886. The van der Waals surface area contributed by atoms with Gasteiger partial charge in [-0.15, -0.1) is 0 Å². The van der Waals surface area contributed by atoms with Crippen LogP contribution < -0.4 is 11.5 Å². The fourth-order valence-corrected chi connectivity index (χ4v) is 2.71. The number of primary amides is 1. The second kappa shape index (κ2) is 7.25. The van der Waals surface area contributed by atoms with Gasteiger partial charge >= 0.3 is 0 Å². The Hall–Kier alpha value is -2.74. The molecule has 3 rings (SSSR count). The smallest absolute Gasteiger partial charge is 0.249 e. The van der Waals surface area contributed by atoms with Gasteiger partial charge in [-0.05, 0) is 12.3 Å². The normalized spacial score (nSPS) is 25.2. The van der Waals surface area contributed by atoms with Crippen LogP contribution in [0.5, 0.6) is 0 Å². The Balaban J connectivity index is 1.98. The molecule has 1 aliphatic rings. The first-order valence-corrected chi connectivity index (χ1v) is 8.23. The molecular weight excluding hydrogens is 340 g/mol. The zero-order valence-electron chi connectivity index (χ0n) is 14.2. The highest BCUT2D eigenvalue weighted by Gasteiger charge is 2.47. The summed E-state index contributed by atoms with van der Waals surface area (Å²) in [5.74, 6) is 5.29. The maximum atomic E-state index is 11.4. The quantitative estimate of drug-likeness (QED) is 0.401. The van der Waals surface area contributed by atoms with E-state index in [1.54, 1.807) is 0 Å². The number of rotatable bonds is 4. The van der Waals surface area contributed by atoms with Gasteiger partial charge in [0.25, 0.3) is 0 Å². The van der Waals surface area contributed by atoms with Gasteiger partial charge in [-0.1, -0.05) is 19.3 Å². The third-order valence-corrected chi connectivity index (χ3v) is 4.10. The Labute approximate surface area is 149 Å². The largest absolute Gasteiger partial charge is 0.387 e. The van der Waals surface area contributed by atoms with E-state index in [-0.39, 0.29) is 17.3 Å². The van der Waals surface area contributed by atoms with E-state index in [1.165, 1.54) is 10.9 Å². The number of nitrogens with zero attached hydrogens (tertiary/aromatic N) is 4. The summed E-state index contributed by atoms with van der Waals surface area (Å²) in [5.41, 5.74) is 11.7. The Morgan fingerprint density at radius 1 is 1.38 bits per heavy atom. The molecule has 0 bridgehead atoms. The lowest BCUT2D eigenvalue weighted by molar-refractivity contribution is -0.134. The van der Waals surface area contributed by atoms with Gasteiger partial charge in [0.1, 0.15) is 17.7 Å². The molecule has 0 spiro atoms. The SMILES string of the molecule is CCCCC#Cc1nc(N)c2ncn([C@@H]3O[C@H](C(N)=O)[C@@H](O)[C@H]3O)c2n1. The van der Waals surface area contributed by atoms with E-state index in [9.17, 15) is 15.0 Å². The highest BCUT2D eigenvalue weighted by atomic mass is 16.6. The van der Waals surface area contributed by atoms with Crippen LogP contribution in [-0.2, 0) is 9.53 Å². The van der Waals surface area contributed by atoms with Gasteiger partial charge in [0.2, 0.25) is 11.7 Å². The molecule has 10 heteroatoms. The Morgan fingerprint density at radius 2 is 2.15 bits per heavy atom. The molecule has 0 saturated carbocycles. The number of ether oxygens (including phenoxy) is 1. The minimum atomic E-state index is -1.46. The predicted octanol–water partition coefficient (Wildman–Crippen LogP) is -0.945. The molecule has 0 unspecified atom stereocenters. The summed E-state index contributed by atoms with van der Waals surface area (Å²) < 4.78 is 6.78. The summed E-state index contributed by atoms with van der Waals surface area (Å²) in [6.45, 7) is 2.07. The molecule has 0 radical (unpaired) electrons. The number of aliphatic hydroxyl groups excluding tert-OH is 2. The molecule has 1 fully saturated rings. The van der Waals surface area contributed by atoms with Crippen LogP contribution in [0.4, 0.5) is 5.82 Å². The number of hydrogen-bond donors (Lipinski definition) is 4. The van der Waals surface area contributed by atoms with Gasteiger partial charge in [-0.2, -0.15) is 0 Å². The van der Waals surface area contributed by atoms with Crippen molar-refractivity contribution in [3.8, 4) is 11.8 Å². The highest BCUT2D eigenvalue weighted by Crippen LogP contribution is 2.31. The lowest BCUT2D eigenvalue weighted by Gasteiger charge is -2.16. The number of nitrogen functional groups attached to an aromatic ring is 1. The van der Waals surface area contributed by atoms with E-state index in [4.69, 9.17) is 16.2 Å². The van der Waals surface area contributed by atoms with E-state index in [0.29, 0.717) is 11.9 Å². The average Bonchev–Trinajstić information content (AvgIpc) is 3.14. The standard InChI is InChI=1S/C16H20N6O4/c1-2-3-4-5-6-8-20-13(17)9-15(21-8)22(7-19-9)16-11(24)10(23)12(26-16)14(18)25/h7,10-12,16,23-24H,2-4H2,1H3,(H2,18,25)(H2,17,20,21)/t10-,11+,12-,16+/m0/s1. The van der Waals surface area contributed by atoms with E-state index < -0.39 is 30.4 Å². The van der Waals surface area contributed by atoms with Crippen molar-refractivity contribution in [1.29, 1.82) is 0 Å². The number of hydrogen-bond acceptors (Lipinski definition) is 8. The number of fused-ring (bicyclic) bond motifs is 1. The van der Waals surface area contributed by atoms with E-state index in [2.05, 4.69) is 33.7 Å². The highest BCUT2D eigenvalue weighted by molar-refractivity contribution is 5.82. The van der Waals surface area contributed by atoms with Crippen molar-refractivity contribution in [3.05, 3.63) is 12.2 Å². The maximum Gasteiger partial charge on any atom is 0.249 e. The lowest BCUT2D eigenvalue weighted by atomic mass is 10.1. The van der Waals surface area contributed by atoms with Crippen LogP contribution in [0.2, 0.25) is 0 Å². The van der Waals surface area contributed by atoms with Crippen molar-refractivity contribution in [1.82, 2.24) is 19.5 Å². The second-order valence-corrected chi connectivity index (χ2v) is 5.99. The van der Waals surface area contributed by atoms with E-state index >= 15 is 0 Å². The number of unbranched alkanes of at least 4 members (excludes halogenated alkanes) is 2. The number of aliphatic hydroxyl groups is 2. The fourth-order valence-electron chi connectivity index (χ4n) is 2.71. The van der Waals surface area contributed by atoms with Crippen molar-refractivity contribution in [2.45, 2.75) is 50.7 Å². The third-order valence-electron chi connectivity index (χ3n) is 4.10. The van der Waals surface area contributed by atoms with Crippen LogP contribution in [0.25, 0.3) is 11.2 Å². The first kappa shape index (κ1) is 18.1. The summed E-state index contributed by atoms with van der Waals surface area (Å²) in [6, 6.07) is 0. The van der Waals surface area contributed by atoms with Gasteiger partial charge in [0, 0.05) is 6.42 Å². The van der Waals surface area contributed by atoms with Crippen LogP contribution in [0.1, 0.15) is 38.2 Å². The van der Waals surface area contributed by atoms with E-state index in [1.807, 2.05) is 0 Å². The number of anilines is 1. The Kier molecular flexibility index (Phi) is 5.03. The molecule has 0 aromatic carbocycles. The van der Waals surface area contributed by atoms with Crippen molar-refractivity contribution in [3.63, 3.8) is 0 Å². The third kappa shape index (κ3) is 3.20. The molecule has 6 N–H and O–H groups in total. The number of nitrogens with two attached hydrogens (primary N) is 2. The first-order chi connectivity index (χ1) is 12.4. The molecule has 1 aliphatic heterocycles. The van der Waals surface area contributed by atoms with E-state index in [0.717, 1.165) is 12.8 Å². The fraction of sp³-hybridized carbons (Fsp3) is 0.500. The summed E-state index contributed by atoms with van der Waals surface area (Å²) in [7, 11) is 0. The van der Waals surface area contributed by atoms with Gasteiger partial charge < -0.3 is 26.4 Å². The molecule has 26 heavy (non-hydrogen) atoms. The van der Waals surface area contributed by atoms with Crippen molar-refractivity contribution in [2.75, 3.05) is 5.73 Å². The molecule has 2 aromatic rings. The molecule has 10 nitrogen and oxygen atoms in total.